The second kappa shape index (κ2) is 8.47. The van der Waals surface area contributed by atoms with E-state index in [0.29, 0.717) is 22.1 Å². The average Bonchev–Trinajstić information content (AvgIpc) is 2.83. The summed E-state index contributed by atoms with van der Waals surface area (Å²) in [5.74, 6) is -0.637. The monoisotopic (exact) mass is 380 g/mol. The molecule has 2 aromatic rings. The van der Waals surface area contributed by atoms with Crippen LogP contribution in [0.1, 0.15) is 26.4 Å². The number of thiophene rings is 1. The van der Waals surface area contributed by atoms with E-state index in [2.05, 4.69) is 5.32 Å². The molecule has 0 saturated heterocycles. The molecule has 1 heterocycles. The van der Waals surface area contributed by atoms with E-state index in [1.807, 2.05) is 50.1 Å². The van der Waals surface area contributed by atoms with Crippen LogP contribution in [0.5, 0.6) is 0 Å². The number of amides is 1. The van der Waals surface area contributed by atoms with Crippen molar-refractivity contribution in [3.8, 4) is 0 Å². The van der Waals surface area contributed by atoms with Crippen LogP contribution >= 0.6 is 22.9 Å². The van der Waals surface area contributed by atoms with E-state index in [1.54, 1.807) is 0 Å². The number of anilines is 1. The van der Waals surface area contributed by atoms with Crippen molar-refractivity contribution in [3.63, 3.8) is 0 Å². The first-order chi connectivity index (χ1) is 11.8. The number of esters is 1. The zero-order valence-electron chi connectivity index (χ0n) is 14.7. The quantitative estimate of drug-likeness (QED) is 0.773. The summed E-state index contributed by atoms with van der Waals surface area (Å²) in [4.78, 5) is 27.1. The van der Waals surface area contributed by atoms with Gasteiger partial charge >= 0.3 is 5.97 Å². The molecule has 0 aliphatic heterocycles. The van der Waals surface area contributed by atoms with Gasteiger partial charge in [0.2, 0.25) is 5.91 Å². The Kier molecular flexibility index (Phi) is 6.58. The van der Waals surface area contributed by atoms with Crippen molar-refractivity contribution < 1.29 is 14.3 Å². The van der Waals surface area contributed by atoms with Crippen molar-refractivity contribution in [2.75, 3.05) is 26.0 Å². The molecular formula is C18H21ClN2O3S. The number of nitrogens with one attached hydrogen (secondary N) is 1. The smallest absolute Gasteiger partial charge is 0.341 e. The van der Waals surface area contributed by atoms with Crippen LogP contribution in [0.3, 0.4) is 0 Å². The van der Waals surface area contributed by atoms with E-state index in [0.717, 1.165) is 16.0 Å². The van der Waals surface area contributed by atoms with Crippen LogP contribution in [0.4, 0.5) is 5.00 Å². The van der Waals surface area contributed by atoms with Crippen LogP contribution in [0.15, 0.2) is 24.3 Å². The highest BCUT2D eigenvalue weighted by atomic mass is 35.5. The molecule has 0 aliphatic rings. The van der Waals surface area contributed by atoms with Gasteiger partial charge in [-0.1, -0.05) is 29.8 Å². The second-order valence-corrected chi connectivity index (χ2v) is 7.42. The van der Waals surface area contributed by atoms with E-state index in [4.69, 9.17) is 16.3 Å². The first-order valence-electron chi connectivity index (χ1n) is 7.73. The van der Waals surface area contributed by atoms with Crippen LogP contribution in [0, 0.1) is 13.8 Å². The summed E-state index contributed by atoms with van der Waals surface area (Å²) in [6.07, 6.45) is 0. The maximum Gasteiger partial charge on any atom is 0.341 e. The fraction of sp³-hybridized carbons (Fsp3) is 0.333. The number of methoxy groups -OCH3 is 1. The Labute approximate surface area is 156 Å². The molecule has 1 aromatic carbocycles. The van der Waals surface area contributed by atoms with Gasteiger partial charge in [-0.15, -0.1) is 11.3 Å². The Morgan fingerprint density at radius 3 is 2.60 bits per heavy atom. The maximum atomic E-state index is 12.4. The number of ether oxygens (including phenoxy) is 1. The lowest BCUT2D eigenvalue weighted by Crippen LogP contribution is -2.30. The van der Waals surface area contributed by atoms with Crippen LogP contribution < -0.4 is 5.32 Å². The molecule has 1 N–H and O–H groups in total. The zero-order valence-corrected chi connectivity index (χ0v) is 16.3. The number of nitrogens with zero attached hydrogens (tertiary/aromatic N) is 1. The predicted octanol–water partition coefficient (Wildman–Crippen LogP) is 3.88. The SMILES string of the molecule is COC(=O)c1c(NC(=O)CN(C)Cc2ccccc2Cl)sc(C)c1C. The Balaban J connectivity index is 2.04. The van der Waals surface area contributed by atoms with Gasteiger partial charge in [-0.05, 0) is 38.1 Å². The highest BCUT2D eigenvalue weighted by molar-refractivity contribution is 7.16. The maximum absolute atomic E-state index is 12.4. The van der Waals surface area contributed by atoms with Crippen molar-refractivity contribution in [1.29, 1.82) is 0 Å². The normalized spacial score (nSPS) is 10.8. The van der Waals surface area contributed by atoms with Crippen LogP contribution in [-0.2, 0) is 16.1 Å². The van der Waals surface area contributed by atoms with Gasteiger partial charge in [0, 0.05) is 16.4 Å². The van der Waals surface area contributed by atoms with Crippen molar-refractivity contribution in [1.82, 2.24) is 4.90 Å². The van der Waals surface area contributed by atoms with Gasteiger partial charge < -0.3 is 10.1 Å². The molecule has 2 rings (SSSR count). The second-order valence-electron chi connectivity index (χ2n) is 5.79. The number of halogens is 1. The number of likely N-dealkylation sites (N-methyl/N-ethyl adjacent to an activating group) is 1. The van der Waals surface area contributed by atoms with E-state index >= 15 is 0 Å². The number of rotatable bonds is 6. The largest absolute Gasteiger partial charge is 0.465 e. The molecule has 0 radical (unpaired) electrons. The third kappa shape index (κ3) is 4.81. The first-order valence-corrected chi connectivity index (χ1v) is 8.93. The van der Waals surface area contributed by atoms with Gasteiger partial charge in [0.1, 0.15) is 5.00 Å². The zero-order chi connectivity index (χ0) is 18.6. The summed E-state index contributed by atoms with van der Waals surface area (Å²) in [5, 5.41) is 4.02. The molecule has 0 unspecified atom stereocenters. The fourth-order valence-electron chi connectivity index (χ4n) is 2.45. The summed E-state index contributed by atoms with van der Waals surface area (Å²) in [6.45, 7) is 4.49. The molecule has 0 saturated carbocycles. The van der Waals surface area contributed by atoms with E-state index in [1.165, 1.54) is 18.4 Å². The minimum Gasteiger partial charge on any atom is -0.465 e. The van der Waals surface area contributed by atoms with Crippen molar-refractivity contribution in [2.24, 2.45) is 0 Å². The molecule has 25 heavy (non-hydrogen) atoms. The van der Waals surface area contributed by atoms with E-state index < -0.39 is 5.97 Å². The van der Waals surface area contributed by atoms with Gasteiger partial charge in [-0.3, -0.25) is 9.69 Å². The molecule has 134 valence electrons. The van der Waals surface area contributed by atoms with Gasteiger partial charge in [0.15, 0.2) is 0 Å². The number of aryl methyl sites for hydroxylation is 1. The Morgan fingerprint density at radius 2 is 1.96 bits per heavy atom. The molecule has 0 fully saturated rings. The Morgan fingerprint density at radius 1 is 1.28 bits per heavy atom. The topological polar surface area (TPSA) is 58.6 Å². The molecule has 0 bridgehead atoms. The summed E-state index contributed by atoms with van der Waals surface area (Å²) >= 11 is 7.52. The lowest BCUT2D eigenvalue weighted by molar-refractivity contribution is -0.117. The lowest BCUT2D eigenvalue weighted by atomic mass is 10.1. The van der Waals surface area contributed by atoms with Gasteiger partial charge in [-0.25, -0.2) is 4.79 Å². The van der Waals surface area contributed by atoms with E-state index in [-0.39, 0.29) is 12.5 Å². The molecule has 7 heteroatoms. The van der Waals surface area contributed by atoms with E-state index in [9.17, 15) is 9.59 Å². The van der Waals surface area contributed by atoms with Gasteiger partial charge in [0.05, 0.1) is 19.2 Å². The lowest BCUT2D eigenvalue weighted by Gasteiger charge is -2.17. The number of carbonyl (C=O) groups excluding carboxylic acids is 2. The number of benzene rings is 1. The molecule has 5 nitrogen and oxygen atoms in total. The number of hydrogen-bond acceptors (Lipinski definition) is 5. The summed E-state index contributed by atoms with van der Waals surface area (Å²) < 4.78 is 4.82. The summed E-state index contributed by atoms with van der Waals surface area (Å²) in [7, 11) is 3.17. The molecule has 0 aliphatic carbocycles. The predicted molar refractivity (Wildman–Crippen MR) is 102 cm³/mol. The first kappa shape index (κ1) is 19.4. The molecular weight excluding hydrogens is 360 g/mol. The van der Waals surface area contributed by atoms with Crippen LogP contribution in [0.2, 0.25) is 5.02 Å². The minimum absolute atomic E-state index is 0.182. The highest BCUT2D eigenvalue weighted by Gasteiger charge is 2.22. The van der Waals surface area contributed by atoms with Gasteiger partial charge in [-0.2, -0.15) is 0 Å². The molecule has 0 atom stereocenters. The molecule has 1 aromatic heterocycles. The Bertz CT molecular complexity index is 789. The summed E-state index contributed by atoms with van der Waals surface area (Å²) in [6, 6.07) is 7.53. The number of carbonyl (C=O) groups is 2. The third-order valence-corrected chi connectivity index (χ3v) is 5.33. The standard InChI is InChI=1S/C18H21ClN2O3S/c1-11-12(2)25-17(16(11)18(23)24-4)20-15(22)10-21(3)9-13-7-5-6-8-14(13)19/h5-8H,9-10H2,1-4H3,(H,20,22). The Hall–Kier alpha value is -1.89. The van der Waals surface area contributed by atoms with Crippen molar-refractivity contribution in [3.05, 3.63) is 50.9 Å². The molecule has 0 spiro atoms. The van der Waals surface area contributed by atoms with Crippen molar-refractivity contribution in [2.45, 2.75) is 20.4 Å². The third-order valence-electron chi connectivity index (χ3n) is 3.84. The average molecular weight is 381 g/mol. The summed E-state index contributed by atoms with van der Waals surface area (Å²) in [5.41, 5.74) is 2.21. The number of hydrogen-bond donors (Lipinski definition) is 1. The van der Waals surface area contributed by atoms with Crippen LogP contribution in [0.25, 0.3) is 0 Å². The molecule has 1 amide bonds. The minimum atomic E-state index is -0.443. The van der Waals surface area contributed by atoms with Gasteiger partial charge in [0.25, 0.3) is 0 Å². The fourth-order valence-corrected chi connectivity index (χ4v) is 3.71. The van der Waals surface area contributed by atoms with Crippen molar-refractivity contribution >= 4 is 39.8 Å². The highest BCUT2D eigenvalue weighted by Crippen LogP contribution is 2.32. The van der Waals surface area contributed by atoms with Crippen LogP contribution in [-0.4, -0.2) is 37.5 Å².